The van der Waals surface area contributed by atoms with Crippen LogP contribution in [0.3, 0.4) is 0 Å². The molecule has 0 aromatic heterocycles. The second-order valence-electron chi connectivity index (χ2n) is 15.8. The molecule has 33 heavy (non-hydrogen) atoms. The lowest BCUT2D eigenvalue weighted by Gasteiger charge is -2.77. The van der Waals surface area contributed by atoms with Gasteiger partial charge in [0.2, 0.25) is 0 Å². The second-order valence-corrected chi connectivity index (χ2v) is 16.4. The Labute approximate surface area is 210 Å². The van der Waals surface area contributed by atoms with Gasteiger partial charge in [-0.15, -0.1) is 11.6 Å². The Morgan fingerprint density at radius 1 is 0.758 bits per heavy atom. The van der Waals surface area contributed by atoms with E-state index in [1.807, 2.05) is 0 Å². The van der Waals surface area contributed by atoms with Crippen LogP contribution in [-0.2, 0) is 0 Å². The molecular weight excluding hydrogens is 424 g/mol. The molecule has 0 bridgehead atoms. The Morgan fingerprint density at radius 3 is 2.06 bits per heavy atom. The van der Waals surface area contributed by atoms with Crippen molar-refractivity contribution in [2.75, 3.05) is 0 Å². The van der Waals surface area contributed by atoms with Gasteiger partial charge in [-0.05, 0) is 114 Å². The SMILES string of the molecule is C[C@@H]1[C@H]2[C@H]3CC[C@H]4[C@@](C)(CC[C@@]5(C)C(C)(C)CC(Cl)C(O)[C@]45C)[C@]3(C)CC[C@@]2(C)CC[C@H]1C. The van der Waals surface area contributed by atoms with Crippen LogP contribution in [0.1, 0.15) is 120 Å². The highest BCUT2D eigenvalue weighted by atomic mass is 35.5. The monoisotopic (exact) mass is 476 g/mol. The molecule has 5 rings (SSSR count). The Kier molecular flexibility index (Phi) is 5.42. The van der Waals surface area contributed by atoms with Crippen LogP contribution < -0.4 is 0 Å². The standard InChI is InChI=1S/C31H53ClO/c1-19-12-13-27(5)14-15-28(6)21(24(27)20(19)2)10-11-23-29(28,7)16-17-30(8)26(3,4)18-22(32)25(33)31(23,30)9/h19-25,33H,10-18H2,1-9H3/t19-,20+,21-,22?,23+,24+,25?,27-,28-,29-,30+,31+/m1/s1. The largest absolute Gasteiger partial charge is 0.391 e. The number of rotatable bonds is 0. The molecule has 0 aromatic carbocycles. The molecule has 0 aromatic rings. The Hall–Kier alpha value is 0.250. The van der Waals surface area contributed by atoms with Crippen LogP contribution in [0.15, 0.2) is 0 Å². The van der Waals surface area contributed by atoms with Crippen molar-refractivity contribution in [3.63, 3.8) is 0 Å². The number of aliphatic hydroxyl groups is 1. The van der Waals surface area contributed by atoms with Crippen molar-refractivity contribution in [1.82, 2.24) is 0 Å². The van der Waals surface area contributed by atoms with E-state index in [0.717, 1.165) is 30.1 Å². The summed E-state index contributed by atoms with van der Waals surface area (Å²) in [6, 6.07) is 0. The molecule has 5 aliphatic rings. The van der Waals surface area contributed by atoms with Gasteiger partial charge < -0.3 is 5.11 Å². The van der Waals surface area contributed by atoms with Gasteiger partial charge in [-0.25, -0.2) is 0 Å². The maximum absolute atomic E-state index is 11.8. The first-order chi connectivity index (χ1) is 15.1. The van der Waals surface area contributed by atoms with E-state index in [1.54, 1.807) is 0 Å². The fraction of sp³-hybridized carbons (Fsp3) is 1.00. The Morgan fingerprint density at radius 2 is 1.39 bits per heavy atom. The van der Waals surface area contributed by atoms with Crippen LogP contribution in [0, 0.1) is 62.1 Å². The van der Waals surface area contributed by atoms with E-state index in [-0.39, 0.29) is 27.0 Å². The first-order valence-corrected chi connectivity index (χ1v) is 14.8. The molecule has 0 aliphatic heterocycles. The van der Waals surface area contributed by atoms with Crippen LogP contribution >= 0.6 is 11.6 Å². The zero-order chi connectivity index (χ0) is 24.4. The van der Waals surface area contributed by atoms with Crippen molar-refractivity contribution in [3.05, 3.63) is 0 Å². The van der Waals surface area contributed by atoms with E-state index in [1.165, 1.54) is 51.4 Å². The van der Waals surface area contributed by atoms with Gasteiger partial charge in [0.05, 0.1) is 11.5 Å². The van der Waals surface area contributed by atoms with E-state index in [2.05, 4.69) is 62.3 Å². The summed E-state index contributed by atoms with van der Waals surface area (Å²) >= 11 is 6.97. The first kappa shape index (κ1) is 24.9. The van der Waals surface area contributed by atoms with E-state index in [9.17, 15) is 5.11 Å². The molecule has 0 amide bonds. The van der Waals surface area contributed by atoms with E-state index in [4.69, 9.17) is 11.6 Å². The normalized spacial score (nSPS) is 62.5. The fourth-order valence-corrected chi connectivity index (χ4v) is 12.5. The number of hydrogen-bond acceptors (Lipinski definition) is 1. The summed E-state index contributed by atoms with van der Waals surface area (Å²) in [5.41, 5.74) is 1.38. The minimum absolute atomic E-state index is 0.117. The summed E-state index contributed by atoms with van der Waals surface area (Å²) in [6.07, 6.45) is 11.4. The highest BCUT2D eigenvalue weighted by Crippen LogP contribution is 2.79. The summed E-state index contributed by atoms with van der Waals surface area (Å²) in [5, 5.41) is 11.7. The highest BCUT2D eigenvalue weighted by molar-refractivity contribution is 6.21. The summed E-state index contributed by atoms with van der Waals surface area (Å²) in [6.45, 7) is 23.0. The lowest BCUT2D eigenvalue weighted by molar-refractivity contribution is -0.294. The first-order valence-electron chi connectivity index (χ1n) is 14.4. The Bertz CT molecular complexity index is 807. The van der Waals surface area contributed by atoms with Crippen LogP contribution in [-0.4, -0.2) is 16.6 Å². The molecule has 5 saturated carbocycles. The van der Waals surface area contributed by atoms with Gasteiger partial charge in [0, 0.05) is 5.41 Å². The minimum Gasteiger partial charge on any atom is -0.391 e. The third-order valence-corrected chi connectivity index (χ3v) is 15.4. The molecular formula is C31H53ClO. The molecule has 0 spiro atoms. The van der Waals surface area contributed by atoms with Crippen molar-refractivity contribution in [2.24, 2.45) is 62.1 Å². The predicted molar refractivity (Wildman–Crippen MR) is 140 cm³/mol. The van der Waals surface area contributed by atoms with Crippen molar-refractivity contribution in [3.8, 4) is 0 Å². The molecule has 1 nitrogen and oxygen atoms in total. The molecule has 5 aliphatic carbocycles. The average molecular weight is 477 g/mol. The summed E-state index contributed by atoms with van der Waals surface area (Å²) in [7, 11) is 0. The van der Waals surface area contributed by atoms with E-state index in [0.29, 0.717) is 16.7 Å². The maximum atomic E-state index is 11.8. The zero-order valence-electron chi connectivity index (χ0n) is 23.2. The maximum Gasteiger partial charge on any atom is 0.0765 e. The van der Waals surface area contributed by atoms with Gasteiger partial charge in [-0.2, -0.15) is 0 Å². The molecule has 190 valence electrons. The summed E-state index contributed by atoms with van der Waals surface area (Å²) in [5.74, 6) is 3.96. The van der Waals surface area contributed by atoms with Gasteiger partial charge >= 0.3 is 0 Å². The smallest absolute Gasteiger partial charge is 0.0765 e. The number of halogens is 1. The lowest BCUT2D eigenvalue weighted by atomic mass is 9.28. The van der Waals surface area contributed by atoms with Crippen LogP contribution in [0.2, 0.25) is 0 Å². The fourth-order valence-electron chi connectivity index (χ4n) is 11.9. The lowest BCUT2D eigenvalue weighted by Crippen LogP contribution is -2.73. The zero-order valence-corrected chi connectivity index (χ0v) is 24.0. The molecule has 5 fully saturated rings. The summed E-state index contributed by atoms with van der Waals surface area (Å²) in [4.78, 5) is 0. The minimum atomic E-state index is -0.399. The molecule has 1 N–H and O–H groups in total. The molecule has 2 heteroatoms. The van der Waals surface area contributed by atoms with Crippen LogP contribution in [0.4, 0.5) is 0 Å². The third kappa shape index (κ3) is 2.77. The predicted octanol–water partition coefficient (Wildman–Crippen LogP) is 8.71. The molecule has 0 radical (unpaired) electrons. The van der Waals surface area contributed by atoms with Gasteiger partial charge in [0.15, 0.2) is 0 Å². The molecule has 2 unspecified atom stereocenters. The van der Waals surface area contributed by atoms with Crippen molar-refractivity contribution >= 4 is 11.6 Å². The van der Waals surface area contributed by atoms with Gasteiger partial charge in [0.1, 0.15) is 0 Å². The number of fused-ring (bicyclic) bond motifs is 7. The van der Waals surface area contributed by atoms with Gasteiger partial charge in [-0.3, -0.25) is 0 Å². The van der Waals surface area contributed by atoms with Crippen molar-refractivity contribution in [1.29, 1.82) is 0 Å². The number of hydrogen-bond donors (Lipinski definition) is 1. The number of aliphatic hydroxyl groups excluding tert-OH is 1. The number of alkyl halides is 1. The topological polar surface area (TPSA) is 20.2 Å². The van der Waals surface area contributed by atoms with Gasteiger partial charge in [0.25, 0.3) is 0 Å². The third-order valence-electron chi connectivity index (χ3n) is 15.0. The molecule has 0 saturated heterocycles. The Balaban J connectivity index is 1.60. The van der Waals surface area contributed by atoms with E-state index < -0.39 is 6.10 Å². The molecule has 0 heterocycles. The van der Waals surface area contributed by atoms with Crippen LogP contribution in [0.25, 0.3) is 0 Å². The van der Waals surface area contributed by atoms with Crippen LogP contribution in [0.5, 0.6) is 0 Å². The van der Waals surface area contributed by atoms with Crippen molar-refractivity contribution in [2.45, 2.75) is 132 Å². The molecule has 12 atom stereocenters. The summed E-state index contributed by atoms with van der Waals surface area (Å²) < 4.78 is 0. The highest BCUT2D eigenvalue weighted by Gasteiger charge is 2.74. The van der Waals surface area contributed by atoms with Crippen molar-refractivity contribution < 1.29 is 5.11 Å². The van der Waals surface area contributed by atoms with E-state index >= 15 is 0 Å². The average Bonchev–Trinajstić information content (AvgIpc) is 2.73. The second kappa shape index (κ2) is 7.18. The van der Waals surface area contributed by atoms with Gasteiger partial charge in [-0.1, -0.05) is 62.3 Å². The quantitative estimate of drug-likeness (QED) is 0.346.